The lowest BCUT2D eigenvalue weighted by Crippen LogP contribution is -2.50. The van der Waals surface area contributed by atoms with Crippen molar-refractivity contribution in [3.63, 3.8) is 0 Å². The Bertz CT molecular complexity index is 920. The largest absolute Gasteiger partial charge is 0.485 e. The maximum Gasteiger partial charge on any atom is 0.279 e. The van der Waals surface area contributed by atoms with E-state index in [0.717, 1.165) is 6.07 Å². The van der Waals surface area contributed by atoms with E-state index in [4.69, 9.17) is 9.47 Å². The Morgan fingerprint density at radius 3 is 2.52 bits per heavy atom. The van der Waals surface area contributed by atoms with Gasteiger partial charge in [0.2, 0.25) is 6.10 Å². The molecule has 0 spiro atoms. The van der Waals surface area contributed by atoms with Gasteiger partial charge in [-0.3, -0.25) is 10.2 Å². The van der Waals surface area contributed by atoms with E-state index < -0.39 is 38.6 Å². The van der Waals surface area contributed by atoms with Gasteiger partial charge in [-0.2, -0.15) is 0 Å². The minimum absolute atomic E-state index is 0.115. The fourth-order valence-electron chi connectivity index (χ4n) is 2.05. The number of carbonyl (C=O) groups is 1. The van der Waals surface area contributed by atoms with Crippen molar-refractivity contribution in [3.8, 4) is 11.5 Å². The van der Waals surface area contributed by atoms with Gasteiger partial charge in [0.05, 0.1) is 4.90 Å². The summed E-state index contributed by atoms with van der Waals surface area (Å²) in [6.45, 7) is -0.115. The molecule has 1 atom stereocenters. The van der Waals surface area contributed by atoms with E-state index in [2.05, 4.69) is 0 Å². The molecule has 25 heavy (non-hydrogen) atoms. The van der Waals surface area contributed by atoms with Gasteiger partial charge in [0.1, 0.15) is 6.61 Å². The average molecular weight is 370 g/mol. The molecule has 0 saturated carbocycles. The number of para-hydroxylation sites is 2. The third kappa shape index (κ3) is 3.69. The first-order chi connectivity index (χ1) is 11.9. The van der Waals surface area contributed by atoms with E-state index in [0.29, 0.717) is 23.6 Å². The molecule has 132 valence electrons. The molecule has 2 aromatic carbocycles. The molecule has 0 aliphatic carbocycles. The van der Waals surface area contributed by atoms with Gasteiger partial charge in [0.25, 0.3) is 15.9 Å². The number of sulfonamides is 1. The second kappa shape index (κ2) is 6.65. The number of fused-ring (bicyclic) bond motifs is 1. The first-order valence-electron chi connectivity index (χ1n) is 7.02. The molecule has 1 amide bonds. The van der Waals surface area contributed by atoms with Crippen LogP contribution < -0.4 is 19.7 Å². The predicted octanol–water partition coefficient (Wildman–Crippen LogP) is 1.11. The molecular weight excluding hydrogens is 358 g/mol. The van der Waals surface area contributed by atoms with Gasteiger partial charge in [-0.1, -0.05) is 12.1 Å². The third-order valence-electron chi connectivity index (χ3n) is 3.31. The van der Waals surface area contributed by atoms with Crippen LogP contribution in [0.15, 0.2) is 47.4 Å². The van der Waals surface area contributed by atoms with Gasteiger partial charge >= 0.3 is 0 Å². The molecule has 0 aromatic heterocycles. The van der Waals surface area contributed by atoms with E-state index in [1.165, 1.54) is 0 Å². The number of hydrogen-bond acceptors (Lipinski definition) is 5. The standard InChI is InChI=1S/C15H12F2N2O5S/c16-10-6-5-9(7-11(10)17)25(21,22)19-18-15(20)14-8-23-12-3-1-2-4-13(12)24-14/h1-7,14,19H,8H2,(H,18,20)/t14-/m1/s1. The highest BCUT2D eigenvalue weighted by Gasteiger charge is 2.28. The van der Waals surface area contributed by atoms with E-state index in [1.54, 1.807) is 29.1 Å². The fourth-order valence-corrected chi connectivity index (χ4v) is 2.91. The number of hydrazine groups is 1. The Morgan fingerprint density at radius 2 is 1.80 bits per heavy atom. The lowest BCUT2D eigenvalue weighted by Gasteiger charge is -2.25. The smallest absolute Gasteiger partial charge is 0.279 e. The van der Waals surface area contributed by atoms with Crippen molar-refractivity contribution < 1.29 is 31.5 Å². The Hall–Kier alpha value is -2.72. The number of nitrogens with one attached hydrogen (secondary N) is 2. The molecule has 7 nitrogen and oxygen atoms in total. The van der Waals surface area contributed by atoms with Crippen LogP contribution in [-0.4, -0.2) is 27.0 Å². The maximum absolute atomic E-state index is 13.1. The second-order valence-corrected chi connectivity index (χ2v) is 6.72. The van der Waals surface area contributed by atoms with Crippen LogP contribution >= 0.6 is 0 Å². The van der Waals surface area contributed by atoms with Crippen LogP contribution in [0.25, 0.3) is 0 Å². The lowest BCUT2D eigenvalue weighted by molar-refractivity contribution is -0.130. The number of amides is 1. The summed E-state index contributed by atoms with van der Waals surface area (Å²) in [4.78, 5) is 13.3. The minimum atomic E-state index is -4.28. The van der Waals surface area contributed by atoms with Gasteiger partial charge in [-0.05, 0) is 30.3 Å². The summed E-state index contributed by atoms with van der Waals surface area (Å²) in [6, 6.07) is 8.71. The van der Waals surface area contributed by atoms with Crippen LogP contribution in [0.1, 0.15) is 0 Å². The summed E-state index contributed by atoms with van der Waals surface area (Å²) in [7, 11) is -4.28. The summed E-state index contributed by atoms with van der Waals surface area (Å²) in [6.07, 6.45) is -1.08. The van der Waals surface area contributed by atoms with Crippen LogP contribution in [0.4, 0.5) is 8.78 Å². The fraction of sp³-hybridized carbons (Fsp3) is 0.133. The number of benzene rings is 2. The average Bonchev–Trinajstić information content (AvgIpc) is 2.61. The molecule has 1 aliphatic rings. The third-order valence-corrected chi connectivity index (χ3v) is 4.56. The topological polar surface area (TPSA) is 93.7 Å². The number of halogens is 2. The molecule has 0 radical (unpaired) electrons. The molecule has 1 heterocycles. The number of ether oxygens (including phenoxy) is 2. The molecular formula is C15H12F2N2O5S. The summed E-state index contributed by atoms with van der Waals surface area (Å²) >= 11 is 0. The van der Waals surface area contributed by atoms with Crippen molar-refractivity contribution in [1.82, 2.24) is 10.3 Å². The molecule has 3 rings (SSSR count). The van der Waals surface area contributed by atoms with Gasteiger partial charge in [-0.15, -0.1) is 4.83 Å². The van der Waals surface area contributed by atoms with Crippen molar-refractivity contribution in [1.29, 1.82) is 0 Å². The van der Waals surface area contributed by atoms with Crippen molar-refractivity contribution in [2.24, 2.45) is 0 Å². The molecule has 10 heteroatoms. The van der Waals surface area contributed by atoms with E-state index >= 15 is 0 Å². The normalized spacial score (nSPS) is 16.3. The molecule has 0 unspecified atom stereocenters. The molecule has 0 fully saturated rings. The Balaban J connectivity index is 1.65. The molecule has 1 aliphatic heterocycles. The molecule has 2 N–H and O–H groups in total. The van der Waals surface area contributed by atoms with Crippen molar-refractivity contribution in [2.45, 2.75) is 11.0 Å². The molecule has 0 bridgehead atoms. The number of rotatable bonds is 4. The number of hydrogen-bond donors (Lipinski definition) is 2. The summed E-state index contributed by atoms with van der Waals surface area (Å²) in [5.74, 6) is -2.50. The second-order valence-electron chi connectivity index (χ2n) is 5.03. The Kier molecular flexibility index (Phi) is 4.55. The zero-order valence-electron chi connectivity index (χ0n) is 12.5. The van der Waals surface area contributed by atoms with Crippen LogP contribution in [-0.2, 0) is 14.8 Å². The Labute approximate surface area is 141 Å². The SMILES string of the molecule is O=C(NNS(=O)(=O)c1ccc(F)c(F)c1)[C@H]1COc2ccccc2O1. The Morgan fingerprint density at radius 1 is 1.08 bits per heavy atom. The highest BCUT2D eigenvalue weighted by atomic mass is 32.2. The van der Waals surface area contributed by atoms with E-state index in [9.17, 15) is 22.0 Å². The quantitative estimate of drug-likeness (QED) is 0.787. The maximum atomic E-state index is 13.1. The minimum Gasteiger partial charge on any atom is -0.485 e. The first-order valence-corrected chi connectivity index (χ1v) is 8.50. The molecule has 0 saturated heterocycles. The lowest BCUT2D eigenvalue weighted by atomic mass is 10.2. The summed E-state index contributed by atoms with van der Waals surface area (Å²) < 4.78 is 60.8. The van der Waals surface area contributed by atoms with Crippen LogP contribution in [0.5, 0.6) is 11.5 Å². The van der Waals surface area contributed by atoms with E-state index in [-0.39, 0.29) is 6.61 Å². The monoisotopic (exact) mass is 370 g/mol. The van der Waals surface area contributed by atoms with Crippen molar-refractivity contribution in [3.05, 3.63) is 54.1 Å². The summed E-state index contributed by atoms with van der Waals surface area (Å²) in [5.41, 5.74) is 1.96. The zero-order valence-corrected chi connectivity index (χ0v) is 13.3. The molecule has 2 aromatic rings. The van der Waals surface area contributed by atoms with Crippen LogP contribution in [0.2, 0.25) is 0 Å². The van der Waals surface area contributed by atoms with Gasteiger partial charge < -0.3 is 9.47 Å². The first kappa shape index (κ1) is 17.1. The number of carbonyl (C=O) groups excluding carboxylic acids is 1. The van der Waals surface area contributed by atoms with Crippen molar-refractivity contribution >= 4 is 15.9 Å². The van der Waals surface area contributed by atoms with Gasteiger partial charge in [0, 0.05) is 0 Å². The highest BCUT2D eigenvalue weighted by molar-refractivity contribution is 7.89. The summed E-state index contributed by atoms with van der Waals surface area (Å²) in [5, 5.41) is 0. The van der Waals surface area contributed by atoms with E-state index in [1.807, 2.05) is 5.43 Å². The highest BCUT2D eigenvalue weighted by Crippen LogP contribution is 2.30. The van der Waals surface area contributed by atoms with Gasteiger partial charge in [0.15, 0.2) is 23.1 Å². The van der Waals surface area contributed by atoms with Gasteiger partial charge in [-0.25, -0.2) is 17.2 Å². The van der Waals surface area contributed by atoms with Crippen molar-refractivity contribution in [2.75, 3.05) is 6.61 Å². The predicted molar refractivity (Wildman–Crippen MR) is 81.2 cm³/mol. The van der Waals surface area contributed by atoms with Crippen LogP contribution in [0.3, 0.4) is 0 Å². The zero-order chi connectivity index (χ0) is 18.0. The van der Waals surface area contributed by atoms with Crippen LogP contribution in [0, 0.1) is 11.6 Å².